The fourth-order valence-electron chi connectivity index (χ4n) is 2.23. The Bertz CT molecular complexity index is 453. The van der Waals surface area contributed by atoms with Crippen LogP contribution >= 0.6 is 11.8 Å². The van der Waals surface area contributed by atoms with Crippen LogP contribution in [0.25, 0.3) is 0 Å². The lowest BCUT2D eigenvalue weighted by Gasteiger charge is -2.20. The van der Waals surface area contributed by atoms with E-state index >= 15 is 0 Å². The van der Waals surface area contributed by atoms with E-state index in [0.29, 0.717) is 18.7 Å². The molecule has 0 spiro atoms. The first kappa shape index (κ1) is 14.4. The van der Waals surface area contributed by atoms with Crippen molar-refractivity contribution in [1.29, 1.82) is 0 Å². The SMILES string of the molecule is Cc1cc(C)n(CCCNC(=O)C2(O)CCSC2)n1. The van der Waals surface area contributed by atoms with Crippen LogP contribution in [-0.2, 0) is 11.3 Å². The molecular weight excluding hydrogens is 262 g/mol. The molecule has 2 heterocycles. The van der Waals surface area contributed by atoms with Gasteiger partial charge in [-0.3, -0.25) is 9.48 Å². The summed E-state index contributed by atoms with van der Waals surface area (Å²) in [5, 5.41) is 17.3. The Morgan fingerprint density at radius 2 is 2.42 bits per heavy atom. The van der Waals surface area contributed by atoms with E-state index in [4.69, 9.17) is 0 Å². The number of aryl methyl sites for hydroxylation is 3. The van der Waals surface area contributed by atoms with E-state index in [1.165, 1.54) is 0 Å². The van der Waals surface area contributed by atoms with Gasteiger partial charge in [0, 0.05) is 24.5 Å². The molecular formula is C13H21N3O2S. The molecule has 1 unspecified atom stereocenters. The monoisotopic (exact) mass is 283 g/mol. The van der Waals surface area contributed by atoms with Crippen LogP contribution in [0.4, 0.5) is 0 Å². The highest BCUT2D eigenvalue weighted by Gasteiger charge is 2.39. The minimum absolute atomic E-state index is 0.231. The number of carbonyl (C=O) groups is 1. The van der Waals surface area contributed by atoms with Crippen molar-refractivity contribution in [3.63, 3.8) is 0 Å². The van der Waals surface area contributed by atoms with Gasteiger partial charge in [-0.1, -0.05) is 0 Å². The highest BCUT2D eigenvalue weighted by molar-refractivity contribution is 7.99. The molecule has 1 aliphatic rings. The molecule has 1 aromatic heterocycles. The smallest absolute Gasteiger partial charge is 0.252 e. The van der Waals surface area contributed by atoms with Crippen molar-refractivity contribution in [3.05, 3.63) is 17.5 Å². The first-order valence-electron chi connectivity index (χ1n) is 6.61. The Labute approximate surface area is 117 Å². The predicted molar refractivity (Wildman–Crippen MR) is 76.2 cm³/mol. The Morgan fingerprint density at radius 3 is 3.00 bits per heavy atom. The van der Waals surface area contributed by atoms with Crippen LogP contribution in [0, 0.1) is 13.8 Å². The predicted octanol–water partition coefficient (Wildman–Crippen LogP) is 0.874. The number of nitrogens with one attached hydrogen (secondary N) is 1. The molecule has 1 saturated heterocycles. The summed E-state index contributed by atoms with van der Waals surface area (Å²) in [5.41, 5.74) is 0.997. The van der Waals surface area contributed by atoms with Crippen LogP contribution in [0.15, 0.2) is 6.07 Å². The minimum atomic E-state index is -1.15. The van der Waals surface area contributed by atoms with Gasteiger partial charge < -0.3 is 10.4 Å². The number of thioether (sulfide) groups is 1. The number of carbonyl (C=O) groups excluding carboxylic acids is 1. The summed E-state index contributed by atoms with van der Waals surface area (Å²) in [6.07, 6.45) is 1.37. The van der Waals surface area contributed by atoms with E-state index in [1.54, 1.807) is 11.8 Å². The van der Waals surface area contributed by atoms with Gasteiger partial charge in [0.1, 0.15) is 0 Å². The van der Waals surface area contributed by atoms with Crippen molar-refractivity contribution in [1.82, 2.24) is 15.1 Å². The first-order chi connectivity index (χ1) is 9.01. The molecule has 5 nitrogen and oxygen atoms in total. The molecule has 2 rings (SSSR count). The second-order valence-corrected chi connectivity index (χ2v) is 6.20. The third kappa shape index (κ3) is 3.51. The van der Waals surface area contributed by atoms with Gasteiger partial charge in [-0.25, -0.2) is 0 Å². The molecule has 2 N–H and O–H groups in total. The van der Waals surface area contributed by atoms with Gasteiger partial charge in [0.2, 0.25) is 0 Å². The maximum Gasteiger partial charge on any atom is 0.252 e. The number of amides is 1. The molecule has 1 amide bonds. The number of aliphatic hydroxyl groups is 1. The fourth-order valence-corrected chi connectivity index (χ4v) is 3.47. The van der Waals surface area contributed by atoms with Crippen LogP contribution in [0.5, 0.6) is 0 Å². The number of hydrogen-bond donors (Lipinski definition) is 2. The van der Waals surface area contributed by atoms with E-state index in [0.717, 1.165) is 30.1 Å². The topological polar surface area (TPSA) is 67.2 Å². The molecule has 0 aliphatic carbocycles. The number of rotatable bonds is 5. The molecule has 1 atom stereocenters. The summed E-state index contributed by atoms with van der Waals surface area (Å²) in [6, 6.07) is 2.04. The van der Waals surface area contributed by atoms with E-state index in [1.807, 2.05) is 24.6 Å². The molecule has 6 heteroatoms. The van der Waals surface area contributed by atoms with Gasteiger partial charge in [-0.15, -0.1) is 0 Å². The van der Waals surface area contributed by atoms with Gasteiger partial charge in [0.05, 0.1) is 5.69 Å². The fraction of sp³-hybridized carbons (Fsp3) is 0.692. The normalized spacial score (nSPS) is 22.7. The average molecular weight is 283 g/mol. The highest BCUT2D eigenvalue weighted by Crippen LogP contribution is 2.27. The Morgan fingerprint density at radius 1 is 1.63 bits per heavy atom. The standard InChI is InChI=1S/C13H21N3O2S/c1-10-8-11(2)16(15-10)6-3-5-14-12(17)13(18)4-7-19-9-13/h8,18H,3-7,9H2,1-2H3,(H,14,17). The Hall–Kier alpha value is -1.01. The maximum atomic E-state index is 11.9. The van der Waals surface area contributed by atoms with Gasteiger partial charge in [-0.2, -0.15) is 16.9 Å². The van der Waals surface area contributed by atoms with Crippen molar-refractivity contribution in [2.45, 2.75) is 38.8 Å². The quantitative estimate of drug-likeness (QED) is 0.787. The van der Waals surface area contributed by atoms with Crippen molar-refractivity contribution in [2.24, 2.45) is 0 Å². The number of aromatic nitrogens is 2. The van der Waals surface area contributed by atoms with Crippen molar-refractivity contribution in [2.75, 3.05) is 18.1 Å². The summed E-state index contributed by atoms with van der Waals surface area (Å²) in [6.45, 7) is 5.35. The summed E-state index contributed by atoms with van der Waals surface area (Å²) in [4.78, 5) is 11.9. The molecule has 19 heavy (non-hydrogen) atoms. The molecule has 1 aliphatic heterocycles. The Kier molecular flexibility index (Phi) is 4.52. The highest BCUT2D eigenvalue weighted by atomic mass is 32.2. The summed E-state index contributed by atoms with van der Waals surface area (Å²) in [5.74, 6) is 1.14. The lowest BCUT2D eigenvalue weighted by molar-refractivity contribution is -0.137. The maximum absolute atomic E-state index is 11.9. The van der Waals surface area contributed by atoms with Gasteiger partial charge >= 0.3 is 0 Å². The van der Waals surface area contributed by atoms with Crippen LogP contribution in [0.2, 0.25) is 0 Å². The molecule has 106 valence electrons. The number of nitrogens with zero attached hydrogens (tertiary/aromatic N) is 2. The Balaban J connectivity index is 1.72. The van der Waals surface area contributed by atoms with Crippen LogP contribution in [-0.4, -0.2) is 44.4 Å². The molecule has 0 saturated carbocycles. The third-order valence-corrected chi connectivity index (χ3v) is 4.53. The lowest BCUT2D eigenvalue weighted by Crippen LogP contribution is -2.47. The van der Waals surface area contributed by atoms with Crippen LogP contribution < -0.4 is 5.32 Å². The summed E-state index contributed by atoms with van der Waals surface area (Å²) < 4.78 is 1.95. The number of hydrogen-bond acceptors (Lipinski definition) is 4. The van der Waals surface area contributed by atoms with E-state index in [-0.39, 0.29) is 5.91 Å². The second kappa shape index (κ2) is 5.96. The second-order valence-electron chi connectivity index (χ2n) is 5.09. The van der Waals surface area contributed by atoms with Crippen molar-refractivity contribution >= 4 is 17.7 Å². The first-order valence-corrected chi connectivity index (χ1v) is 7.76. The van der Waals surface area contributed by atoms with Crippen LogP contribution in [0.3, 0.4) is 0 Å². The van der Waals surface area contributed by atoms with Crippen molar-refractivity contribution in [3.8, 4) is 0 Å². The summed E-state index contributed by atoms with van der Waals surface area (Å²) in [7, 11) is 0. The van der Waals surface area contributed by atoms with E-state index in [2.05, 4.69) is 10.4 Å². The van der Waals surface area contributed by atoms with Crippen molar-refractivity contribution < 1.29 is 9.90 Å². The minimum Gasteiger partial charge on any atom is -0.379 e. The van der Waals surface area contributed by atoms with Gasteiger partial charge in [0.15, 0.2) is 5.60 Å². The molecule has 0 radical (unpaired) electrons. The average Bonchev–Trinajstić information content (AvgIpc) is 2.92. The summed E-state index contributed by atoms with van der Waals surface area (Å²) >= 11 is 1.63. The van der Waals surface area contributed by atoms with Gasteiger partial charge in [-0.05, 0) is 38.5 Å². The third-order valence-electron chi connectivity index (χ3n) is 3.36. The largest absolute Gasteiger partial charge is 0.379 e. The molecule has 1 aromatic rings. The zero-order valence-electron chi connectivity index (χ0n) is 11.5. The van der Waals surface area contributed by atoms with E-state index in [9.17, 15) is 9.90 Å². The molecule has 1 fully saturated rings. The van der Waals surface area contributed by atoms with E-state index < -0.39 is 5.60 Å². The lowest BCUT2D eigenvalue weighted by atomic mass is 10.0. The molecule has 0 aromatic carbocycles. The van der Waals surface area contributed by atoms with Gasteiger partial charge in [0.25, 0.3) is 5.91 Å². The van der Waals surface area contributed by atoms with Crippen LogP contribution in [0.1, 0.15) is 24.2 Å². The zero-order chi connectivity index (χ0) is 13.9. The molecule has 0 bridgehead atoms. The zero-order valence-corrected chi connectivity index (χ0v) is 12.3.